The van der Waals surface area contributed by atoms with E-state index in [1.165, 1.54) is 12.0 Å². The maximum atomic E-state index is 12.3. The topological polar surface area (TPSA) is 78.9 Å². The zero-order valence-corrected chi connectivity index (χ0v) is 12.0. The van der Waals surface area contributed by atoms with Gasteiger partial charge in [-0.15, -0.1) is 0 Å². The van der Waals surface area contributed by atoms with Gasteiger partial charge in [-0.2, -0.15) is 0 Å². The molecular weight excluding hydrogens is 272 g/mol. The van der Waals surface area contributed by atoms with Crippen molar-refractivity contribution in [3.8, 4) is 0 Å². The van der Waals surface area contributed by atoms with E-state index in [9.17, 15) is 9.59 Å². The van der Waals surface area contributed by atoms with Crippen molar-refractivity contribution in [2.45, 2.75) is 6.92 Å². The van der Waals surface area contributed by atoms with Gasteiger partial charge in [-0.25, -0.2) is 4.79 Å². The molecule has 0 spiro atoms. The molecule has 0 fully saturated rings. The van der Waals surface area contributed by atoms with Gasteiger partial charge >= 0.3 is 5.97 Å². The van der Waals surface area contributed by atoms with E-state index in [1.807, 2.05) is 31.2 Å². The Kier molecular flexibility index (Phi) is 4.59. The van der Waals surface area contributed by atoms with Crippen molar-refractivity contribution in [1.29, 1.82) is 0 Å². The number of hydrogen-bond acceptors (Lipinski definition) is 5. The van der Waals surface area contributed by atoms with E-state index in [0.717, 1.165) is 11.3 Å². The fourth-order valence-electron chi connectivity index (χ4n) is 2.20. The van der Waals surface area contributed by atoms with Gasteiger partial charge in [0, 0.05) is 12.2 Å². The van der Waals surface area contributed by atoms with Crippen LogP contribution < -0.4 is 5.32 Å². The van der Waals surface area contributed by atoms with Crippen LogP contribution in [0.4, 0.5) is 5.69 Å². The molecule has 112 valence electrons. The van der Waals surface area contributed by atoms with Gasteiger partial charge in [-0.1, -0.05) is 18.2 Å². The molecule has 0 saturated carbocycles. The van der Waals surface area contributed by atoms with E-state index >= 15 is 0 Å². The Hall–Kier alpha value is -2.34. The summed E-state index contributed by atoms with van der Waals surface area (Å²) in [6.45, 7) is 2.07. The zero-order valence-electron chi connectivity index (χ0n) is 12.0. The summed E-state index contributed by atoms with van der Waals surface area (Å²) in [6, 6.07) is 7.48. The van der Waals surface area contributed by atoms with E-state index in [1.54, 1.807) is 0 Å². The summed E-state index contributed by atoms with van der Waals surface area (Å²) in [6.07, 6.45) is 0. The van der Waals surface area contributed by atoms with Gasteiger partial charge in [0.15, 0.2) is 0 Å². The van der Waals surface area contributed by atoms with Gasteiger partial charge in [0.1, 0.15) is 5.70 Å². The van der Waals surface area contributed by atoms with Crippen LogP contribution in [0.2, 0.25) is 0 Å². The molecule has 6 nitrogen and oxygen atoms in total. The minimum Gasteiger partial charge on any atom is -0.466 e. The highest BCUT2D eigenvalue weighted by molar-refractivity contribution is 6.08. The molecule has 21 heavy (non-hydrogen) atoms. The van der Waals surface area contributed by atoms with Crippen LogP contribution in [0.1, 0.15) is 5.56 Å². The van der Waals surface area contributed by atoms with Crippen LogP contribution >= 0.6 is 0 Å². The summed E-state index contributed by atoms with van der Waals surface area (Å²) < 4.78 is 4.73. The number of amides is 1. The van der Waals surface area contributed by atoms with Crippen molar-refractivity contribution in [2.24, 2.45) is 0 Å². The molecule has 6 heteroatoms. The Balaban J connectivity index is 2.33. The zero-order chi connectivity index (χ0) is 15.4. The summed E-state index contributed by atoms with van der Waals surface area (Å²) in [4.78, 5) is 25.6. The maximum Gasteiger partial charge on any atom is 0.337 e. The SMILES string of the molecule is COC(=O)C1=C(Nc2ccccc2C)C(=O)N(CCO)C1. The molecule has 0 bridgehead atoms. The van der Waals surface area contributed by atoms with Crippen LogP contribution in [-0.4, -0.2) is 48.7 Å². The van der Waals surface area contributed by atoms with Gasteiger partial charge in [0.05, 0.1) is 25.8 Å². The average molecular weight is 290 g/mol. The van der Waals surface area contributed by atoms with E-state index in [-0.39, 0.29) is 36.9 Å². The van der Waals surface area contributed by atoms with Crippen molar-refractivity contribution < 1.29 is 19.4 Å². The summed E-state index contributed by atoms with van der Waals surface area (Å²) in [5.74, 6) is -0.854. The quantitative estimate of drug-likeness (QED) is 0.779. The van der Waals surface area contributed by atoms with Gasteiger partial charge in [-0.05, 0) is 18.6 Å². The number of esters is 1. The van der Waals surface area contributed by atoms with Crippen LogP contribution in [0.15, 0.2) is 35.5 Å². The van der Waals surface area contributed by atoms with E-state index in [4.69, 9.17) is 9.84 Å². The van der Waals surface area contributed by atoms with Crippen LogP contribution in [0.5, 0.6) is 0 Å². The van der Waals surface area contributed by atoms with Gasteiger partial charge < -0.3 is 20.1 Å². The molecule has 2 rings (SSSR count). The molecule has 0 saturated heterocycles. The lowest BCUT2D eigenvalue weighted by Crippen LogP contribution is -2.31. The Labute approximate surface area is 123 Å². The highest BCUT2D eigenvalue weighted by Crippen LogP contribution is 2.24. The lowest BCUT2D eigenvalue weighted by atomic mass is 10.1. The van der Waals surface area contributed by atoms with Crippen LogP contribution in [0.25, 0.3) is 0 Å². The largest absolute Gasteiger partial charge is 0.466 e. The number of carbonyl (C=O) groups is 2. The number of aryl methyl sites for hydroxylation is 1. The first-order chi connectivity index (χ1) is 10.1. The van der Waals surface area contributed by atoms with Crippen molar-refractivity contribution in [2.75, 3.05) is 32.1 Å². The standard InChI is InChI=1S/C15H18N2O4/c1-10-5-3-4-6-12(10)16-13-11(15(20)21-2)9-17(7-8-18)14(13)19/h3-6,16,18H,7-9H2,1-2H3. The van der Waals surface area contributed by atoms with Gasteiger partial charge in [0.2, 0.25) is 0 Å². The minimum absolute atomic E-state index is 0.139. The summed E-state index contributed by atoms with van der Waals surface area (Å²) in [5, 5.41) is 12.0. The van der Waals surface area contributed by atoms with Gasteiger partial charge in [0.25, 0.3) is 5.91 Å². The number of benzene rings is 1. The summed E-state index contributed by atoms with van der Waals surface area (Å²) in [7, 11) is 1.28. The molecule has 1 aromatic rings. The molecule has 2 N–H and O–H groups in total. The number of para-hydroxylation sites is 1. The third-order valence-corrected chi connectivity index (χ3v) is 3.36. The van der Waals surface area contributed by atoms with Crippen LogP contribution in [0.3, 0.4) is 0 Å². The summed E-state index contributed by atoms with van der Waals surface area (Å²) in [5.41, 5.74) is 2.21. The fourth-order valence-corrected chi connectivity index (χ4v) is 2.20. The molecule has 0 atom stereocenters. The third kappa shape index (κ3) is 3.05. The van der Waals surface area contributed by atoms with Crippen LogP contribution in [0, 0.1) is 6.92 Å². The second kappa shape index (κ2) is 6.41. The molecule has 0 radical (unpaired) electrons. The number of nitrogens with one attached hydrogen (secondary N) is 1. The van der Waals surface area contributed by atoms with Gasteiger partial charge in [-0.3, -0.25) is 4.79 Å². The monoisotopic (exact) mass is 290 g/mol. The number of β-amino-alcohol motifs (C(OH)–C–C–N with tert-alkyl or cyclic N) is 1. The Morgan fingerprint density at radius 1 is 1.43 bits per heavy atom. The lowest BCUT2D eigenvalue weighted by Gasteiger charge is -2.15. The molecular formula is C15H18N2O4. The first-order valence-corrected chi connectivity index (χ1v) is 6.62. The van der Waals surface area contributed by atoms with Crippen molar-refractivity contribution in [3.63, 3.8) is 0 Å². The Morgan fingerprint density at radius 2 is 2.14 bits per heavy atom. The number of ether oxygens (including phenoxy) is 1. The molecule has 0 unspecified atom stereocenters. The van der Waals surface area contributed by atoms with Crippen molar-refractivity contribution >= 4 is 17.6 Å². The number of aliphatic hydroxyl groups excluding tert-OH is 1. The predicted molar refractivity (Wildman–Crippen MR) is 77.5 cm³/mol. The smallest absolute Gasteiger partial charge is 0.337 e. The molecule has 1 aliphatic rings. The molecule has 0 aromatic heterocycles. The minimum atomic E-state index is -0.542. The number of nitrogens with zero attached hydrogens (tertiary/aromatic N) is 1. The number of carbonyl (C=O) groups excluding carboxylic acids is 2. The summed E-state index contributed by atoms with van der Waals surface area (Å²) >= 11 is 0. The number of rotatable bonds is 5. The van der Waals surface area contributed by atoms with Crippen molar-refractivity contribution in [3.05, 3.63) is 41.1 Å². The Bertz CT molecular complexity index is 595. The Morgan fingerprint density at radius 3 is 2.76 bits per heavy atom. The predicted octanol–water partition coefficient (Wildman–Crippen LogP) is 0.669. The second-order valence-electron chi connectivity index (χ2n) is 4.74. The lowest BCUT2D eigenvalue weighted by molar-refractivity contribution is -0.136. The third-order valence-electron chi connectivity index (χ3n) is 3.36. The molecule has 1 heterocycles. The van der Waals surface area contributed by atoms with Crippen molar-refractivity contribution in [1.82, 2.24) is 4.90 Å². The average Bonchev–Trinajstić information content (AvgIpc) is 2.78. The fraction of sp³-hybridized carbons (Fsp3) is 0.333. The second-order valence-corrected chi connectivity index (χ2v) is 4.74. The number of aliphatic hydroxyl groups is 1. The van der Waals surface area contributed by atoms with Crippen LogP contribution in [-0.2, 0) is 14.3 Å². The first kappa shape index (κ1) is 15.1. The molecule has 1 amide bonds. The van der Waals surface area contributed by atoms with E-state index in [0.29, 0.717) is 0 Å². The molecule has 0 aliphatic carbocycles. The van der Waals surface area contributed by atoms with E-state index < -0.39 is 5.97 Å². The highest BCUT2D eigenvalue weighted by atomic mass is 16.5. The highest BCUT2D eigenvalue weighted by Gasteiger charge is 2.34. The molecule has 1 aliphatic heterocycles. The maximum absolute atomic E-state index is 12.3. The normalized spacial score (nSPS) is 14.6. The first-order valence-electron chi connectivity index (χ1n) is 6.62. The molecule has 1 aromatic carbocycles. The van der Waals surface area contributed by atoms with E-state index in [2.05, 4.69) is 5.32 Å². The number of methoxy groups -OCH3 is 1. The number of hydrogen-bond donors (Lipinski definition) is 2. The number of anilines is 1.